The fourth-order valence-corrected chi connectivity index (χ4v) is 9.43. The van der Waals surface area contributed by atoms with Gasteiger partial charge in [0, 0.05) is 20.2 Å². The normalized spacial score (nSPS) is 42.4. The van der Waals surface area contributed by atoms with Crippen molar-refractivity contribution in [2.75, 3.05) is 13.7 Å². The van der Waals surface area contributed by atoms with Crippen molar-refractivity contribution in [2.24, 2.45) is 48.0 Å². The van der Waals surface area contributed by atoms with Gasteiger partial charge in [0.1, 0.15) is 5.69 Å². The molecule has 190 valence electrons. The van der Waals surface area contributed by atoms with Gasteiger partial charge >= 0.3 is 0 Å². The first kappa shape index (κ1) is 24.3. The zero-order chi connectivity index (χ0) is 24.3. The number of nitrogens with one attached hydrogen (secondary N) is 1. The number of amides is 1. The van der Waals surface area contributed by atoms with Crippen LogP contribution in [0.15, 0.2) is 6.07 Å². The molecule has 9 atom stereocenters. The Bertz CT molecular complexity index is 915. The fraction of sp³-hybridized carbons (Fsp3) is 0.857. The summed E-state index contributed by atoms with van der Waals surface area (Å²) in [5.74, 6) is 4.40. The quantitative estimate of drug-likeness (QED) is 0.663. The minimum absolute atomic E-state index is 0.00240. The summed E-state index contributed by atoms with van der Waals surface area (Å²) in [7, 11) is 3.55. The summed E-state index contributed by atoms with van der Waals surface area (Å²) >= 11 is 0. The van der Waals surface area contributed by atoms with Crippen LogP contribution in [0.4, 0.5) is 0 Å². The Kier molecular flexibility index (Phi) is 6.37. The van der Waals surface area contributed by atoms with E-state index in [0.29, 0.717) is 29.6 Å². The first-order valence-corrected chi connectivity index (χ1v) is 13.7. The predicted octanol–water partition coefficient (Wildman–Crippen LogP) is 4.49. The molecule has 0 radical (unpaired) electrons. The van der Waals surface area contributed by atoms with E-state index >= 15 is 0 Å². The Morgan fingerprint density at radius 2 is 1.97 bits per heavy atom. The van der Waals surface area contributed by atoms with Crippen molar-refractivity contribution in [1.82, 2.24) is 15.1 Å². The molecule has 6 nitrogen and oxygen atoms in total. The topological polar surface area (TPSA) is 76.4 Å². The van der Waals surface area contributed by atoms with Crippen molar-refractivity contribution in [3.8, 4) is 0 Å². The number of fused-ring (bicyclic) bond motifs is 5. The highest BCUT2D eigenvalue weighted by Gasteiger charge is 2.58. The molecule has 34 heavy (non-hydrogen) atoms. The van der Waals surface area contributed by atoms with E-state index < -0.39 is 5.60 Å². The summed E-state index contributed by atoms with van der Waals surface area (Å²) in [6.07, 6.45) is 10.7. The standard InChI is InChI=1S/C28H45N3O3/c1-17-14-25(31(4)30-17)26(32)29-18(2)23-8-9-24-22-7-6-19-15-28(33,16-34-5)13-11-20(19)21(22)10-12-27(23,24)3/h14,18-24,33H,6-13,15-16H2,1-5H3,(H,29,32)/t18-,19+,20-,21+,22+,23?,24-,27+,28+/m0/s1. The molecular formula is C28H45N3O3. The number of hydrogen-bond donors (Lipinski definition) is 2. The van der Waals surface area contributed by atoms with Crippen molar-refractivity contribution in [3.63, 3.8) is 0 Å². The Hall–Kier alpha value is -1.40. The monoisotopic (exact) mass is 471 g/mol. The molecule has 6 heteroatoms. The molecule has 0 aliphatic heterocycles. The lowest BCUT2D eigenvalue weighted by Crippen LogP contribution is -2.53. The molecule has 1 unspecified atom stereocenters. The highest BCUT2D eigenvalue weighted by Crippen LogP contribution is 2.65. The van der Waals surface area contributed by atoms with Gasteiger partial charge in [-0.25, -0.2) is 0 Å². The van der Waals surface area contributed by atoms with Crippen LogP contribution in [-0.4, -0.2) is 46.2 Å². The maximum atomic E-state index is 13.0. The molecule has 1 aromatic heterocycles. The number of rotatable bonds is 5. The van der Waals surface area contributed by atoms with Crippen LogP contribution >= 0.6 is 0 Å². The molecule has 4 aliphatic rings. The summed E-state index contributed by atoms with van der Waals surface area (Å²) in [5.41, 5.74) is 1.24. The van der Waals surface area contributed by atoms with Crippen molar-refractivity contribution >= 4 is 5.91 Å². The summed E-state index contributed by atoms with van der Waals surface area (Å²) < 4.78 is 7.05. The second kappa shape index (κ2) is 8.92. The van der Waals surface area contributed by atoms with E-state index in [9.17, 15) is 9.90 Å². The summed E-state index contributed by atoms with van der Waals surface area (Å²) in [5, 5.41) is 18.7. The number of carbonyl (C=O) groups excluding carboxylic acids is 1. The lowest BCUT2D eigenvalue weighted by atomic mass is 9.48. The smallest absolute Gasteiger partial charge is 0.269 e. The maximum Gasteiger partial charge on any atom is 0.269 e. The Morgan fingerprint density at radius 3 is 2.68 bits per heavy atom. The lowest BCUT2D eigenvalue weighted by molar-refractivity contribution is -0.125. The van der Waals surface area contributed by atoms with Crippen LogP contribution in [0.25, 0.3) is 0 Å². The number of aromatic nitrogens is 2. The SMILES string of the molecule is COC[C@@]1(O)CC[C@H]2[C@H](CC[C@@H]3[C@@H]2CC[C@]2(C)C([C@H](C)NC(=O)c4cc(C)nn4C)CC[C@@H]32)C1. The molecule has 0 bridgehead atoms. The van der Waals surface area contributed by atoms with Crippen LogP contribution < -0.4 is 5.32 Å². The maximum absolute atomic E-state index is 13.0. The fourth-order valence-electron chi connectivity index (χ4n) is 9.43. The van der Waals surface area contributed by atoms with E-state index in [1.165, 1.54) is 38.5 Å². The molecule has 0 aromatic carbocycles. The van der Waals surface area contributed by atoms with E-state index in [0.717, 1.165) is 48.6 Å². The van der Waals surface area contributed by atoms with E-state index in [-0.39, 0.29) is 11.9 Å². The molecule has 1 heterocycles. The van der Waals surface area contributed by atoms with Crippen LogP contribution in [0.3, 0.4) is 0 Å². The number of aliphatic hydroxyl groups is 1. The molecule has 0 saturated heterocycles. The van der Waals surface area contributed by atoms with Gasteiger partial charge in [-0.2, -0.15) is 5.10 Å². The largest absolute Gasteiger partial charge is 0.387 e. The number of ether oxygens (including phenoxy) is 1. The van der Waals surface area contributed by atoms with E-state index in [1.807, 2.05) is 20.0 Å². The molecule has 0 spiro atoms. The van der Waals surface area contributed by atoms with Crippen LogP contribution in [0.2, 0.25) is 0 Å². The van der Waals surface area contributed by atoms with Crippen LogP contribution in [0.5, 0.6) is 0 Å². The number of hydrogen-bond acceptors (Lipinski definition) is 4. The second-order valence-electron chi connectivity index (χ2n) is 12.6. The zero-order valence-corrected chi connectivity index (χ0v) is 21.8. The predicted molar refractivity (Wildman–Crippen MR) is 132 cm³/mol. The molecule has 4 aliphatic carbocycles. The summed E-state index contributed by atoms with van der Waals surface area (Å²) in [6, 6.07) is 2.05. The van der Waals surface area contributed by atoms with E-state index in [2.05, 4.69) is 24.3 Å². The Morgan fingerprint density at radius 1 is 1.21 bits per heavy atom. The third-order valence-electron chi connectivity index (χ3n) is 10.8. The summed E-state index contributed by atoms with van der Waals surface area (Å²) in [6.45, 7) is 7.17. The van der Waals surface area contributed by atoms with Gasteiger partial charge in [-0.05, 0) is 119 Å². The zero-order valence-electron chi connectivity index (χ0n) is 21.8. The van der Waals surface area contributed by atoms with Gasteiger partial charge in [-0.1, -0.05) is 6.92 Å². The van der Waals surface area contributed by atoms with Crippen molar-refractivity contribution in [2.45, 2.75) is 90.2 Å². The van der Waals surface area contributed by atoms with Crippen molar-refractivity contribution in [3.05, 3.63) is 17.5 Å². The number of aryl methyl sites for hydroxylation is 2. The van der Waals surface area contributed by atoms with Crippen LogP contribution in [-0.2, 0) is 11.8 Å². The average molecular weight is 472 g/mol. The first-order chi connectivity index (χ1) is 16.1. The Labute approximate surface area is 205 Å². The minimum atomic E-state index is -0.607. The number of carbonyl (C=O) groups is 1. The third kappa shape index (κ3) is 4.03. The molecular weight excluding hydrogens is 426 g/mol. The van der Waals surface area contributed by atoms with Crippen LogP contribution in [0, 0.1) is 47.8 Å². The van der Waals surface area contributed by atoms with Crippen LogP contribution in [0.1, 0.15) is 87.8 Å². The van der Waals surface area contributed by atoms with Gasteiger partial charge in [0.25, 0.3) is 5.91 Å². The van der Waals surface area contributed by atoms with Crippen molar-refractivity contribution in [1.29, 1.82) is 0 Å². The average Bonchev–Trinajstić information content (AvgIpc) is 3.31. The van der Waals surface area contributed by atoms with Gasteiger partial charge in [0.2, 0.25) is 0 Å². The van der Waals surface area contributed by atoms with Gasteiger partial charge in [0.15, 0.2) is 0 Å². The molecule has 1 amide bonds. The van der Waals surface area contributed by atoms with Gasteiger partial charge < -0.3 is 15.2 Å². The molecule has 1 aromatic rings. The van der Waals surface area contributed by atoms with Crippen molar-refractivity contribution < 1.29 is 14.6 Å². The summed E-state index contributed by atoms with van der Waals surface area (Å²) in [4.78, 5) is 13.0. The van der Waals surface area contributed by atoms with E-state index in [4.69, 9.17) is 4.74 Å². The lowest BCUT2D eigenvalue weighted by Gasteiger charge is -2.57. The van der Waals surface area contributed by atoms with Gasteiger partial charge in [-0.15, -0.1) is 0 Å². The molecule has 5 rings (SSSR count). The third-order valence-corrected chi connectivity index (χ3v) is 10.8. The first-order valence-electron chi connectivity index (χ1n) is 13.7. The number of nitrogens with zero attached hydrogens (tertiary/aromatic N) is 2. The van der Waals surface area contributed by atoms with Gasteiger partial charge in [0.05, 0.1) is 17.9 Å². The van der Waals surface area contributed by atoms with E-state index in [1.54, 1.807) is 11.8 Å². The molecule has 4 fully saturated rings. The minimum Gasteiger partial charge on any atom is -0.387 e. The second-order valence-corrected chi connectivity index (χ2v) is 12.6. The number of methoxy groups -OCH3 is 1. The Balaban J connectivity index is 1.26. The highest BCUT2D eigenvalue weighted by atomic mass is 16.5. The van der Waals surface area contributed by atoms with Gasteiger partial charge in [-0.3, -0.25) is 9.48 Å². The molecule has 4 saturated carbocycles. The highest BCUT2D eigenvalue weighted by molar-refractivity contribution is 5.92. The molecule has 2 N–H and O–H groups in total.